The van der Waals surface area contributed by atoms with E-state index in [-0.39, 0.29) is 10.8 Å². The van der Waals surface area contributed by atoms with E-state index in [1.165, 1.54) is 0 Å². The zero-order valence-electron chi connectivity index (χ0n) is 15.6. The summed E-state index contributed by atoms with van der Waals surface area (Å²) in [6.07, 6.45) is 1.40. The summed E-state index contributed by atoms with van der Waals surface area (Å²) in [6.45, 7) is 2.34. The molecule has 3 heterocycles. The van der Waals surface area contributed by atoms with E-state index in [1.54, 1.807) is 54.3 Å². The molecular weight excluding hydrogens is 392 g/mol. The van der Waals surface area contributed by atoms with E-state index in [9.17, 15) is 13.2 Å². The SMILES string of the molecule is Cc1nc2ccc(NC(=O)[C@@H]3CCCN3C3=NS(=O)(=O)c4ccccc43)cc2o1. The van der Waals surface area contributed by atoms with Gasteiger partial charge >= 0.3 is 0 Å². The van der Waals surface area contributed by atoms with Crippen LogP contribution in [0.2, 0.25) is 0 Å². The molecule has 1 saturated heterocycles. The number of likely N-dealkylation sites (tertiary alicyclic amines) is 1. The van der Waals surface area contributed by atoms with Crippen molar-refractivity contribution < 1.29 is 17.6 Å². The molecule has 0 saturated carbocycles. The van der Waals surface area contributed by atoms with Gasteiger partial charge in [0.25, 0.3) is 10.0 Å². The number of amidine groups is 1. The fourth-order valence-electron chi connectivity index (χ4n) is 3.93. The molecule has 0 bridgehead atoms. The summed E-state index contributed by atoms with van der Waals surface area (Å²) in [5.41, 5.74) is 2.48. The van der Waals surface area contributed by atoms with Crippen LogP contribution in [0, 0.1) is 6.92 Å². The van der Waals surface area contributed by atoms with Gasteiger partial charge in [-0.05, 0) is 37.1 Å². The Hall–Kier alpha value is -3.20. The van der Waals surface area contributed by atoms with Crippen molar-refractivity contribution in [2.24, 2.45) is 4.40 Å². The molecule has 0 aliphatic carbocycles. The molecule has 5 rings (SSSR count). The van der Waals surface area contributed by atoms with Gasteiger partial charge in [-0.1, -0.05) is 12.1 Å². The zero-order chi connectivity index (χ0) is 20.2. The van der Waals surface area contributed by atoms with Gasteiger partial charge in [-0.15, -0.1) is 4.40 Å². The van der Waals surface area contributed by atoms with Crippen LogP contribution in [-0.2, 0) is 14.8 Å². The van der Waals surface area contributed by atoms with E-state index in [0.717, 1.165) is 11.9 Å². The number of carbonyl (C=O) groups is 1. The molecule has 0 spiro atoms. The molecule has 29 heavy (non-hydrogen) atoms. The van der Waals surface area contributed by atoms with Crippen molar-refractivity contribution in [1.82, 2.24) is 9.88 Å². The number of oxazole rings is 1. The predicted molar refractivity (Wildman–Crippen MR) is 107 cm³/mol. The van der Waals surface area contributed by atoms with Gasteiger partial charge in [-0.25, -0.2) is 4.98 Å². The average molecular weight is 410 g/mol. The highest BCUT2D eigenvalue weighted by atomic mass is 32.2. The van der Waals surface area contributed by atoms with Crippen molar-refractivity contribution in [2.45, 2.75) is 30.7 Å². The number of benzene rings is 2. The van der Waals surface area contributed by atoms with Crippen LogP contribution >= 0.6 is 0 Å². The second-order valence-electron chi connectivity index (χ2n) is 7.14. The Balaban J connectivity index is 1.43. The number of nitrogens with zero attached hydrogens (tertiary/aromatic N) is 3. The number of rotatable bonds is 2. The molecule has 2 aliphatic rings. The largest absolute Gasteiger partial charge is 0.441 e. The number of fused-ring (bicyclic) bond motifs is 2. The van der Waals surface area contributed by atoms with Gasteiger partial charge in [0.2, 0.25) is 5.91 Å². The number of carbonyl (C=O) groups excluding carboxylic acids is 1. The van der Waals surface area contributed by atoms with E-state index in [4.69, 9.17) is 4.42 Å². The minimum Gasteiger partial charge on any atom is -0.441 e. The van der Waals surface area contributed by atoms with Gasteiger partial charge in [0, 0.05) is 30.8 Å². The molecule has 2 aliphatic heterocycles. The maximum absolute atomic E-state index is 13.0. The average Bonchev–Trinajstić information content (AvgIpc) is 3.37. The van der Waals surface area contributed by atoms with Crippen LogP contribution in [0.3, 0.4) is 0 Å². The molecular formula is C20H18N4O4S. The minimum atomic E-state index is -3.73. The third-order valence-electron chi connectivity index (χ3n) is 5.20. The monoisotopic (exact) mass is 410 g/mol. The van der Waals surface area contributed by atoms with E-state index < -0.39 is 16.1 Å². The van der Waals surface area contributed by atoms with Crippen molar-refractivity contribution in [3.63, 3.8) is 0 Å². The van der Waals surface area contributed by atoms with Crippen molar-refractivity contribution in [3.05, 3.63) is 53.9 Å². The molecule has 1 N–H and O–H groups in total. The molecule has 1 amide bonds. The molecule has 3 aromatic rings. The van der Waals surface area contributed by atoms with Crippen LogP contribution in [-0.4, -0.2) is 42.6 Å². The van der Waals surface area contributed by atoms with Crippen molar-refractivity contribution in [1.29, 1.82) is 0 Å². The number of anilines is 1. The quantitative estimate of drug-likeness (QED) is 0.696. The lowest BCUT2D eigenvalue weighted by Crippen LogP contribution is -2.43. The van der Waals surface area contributed by atoms with Crippen LogP contribution in [0.4, 0.5) is 5.69 Å². The summed E-state index contributed by atoms with van der Waals surface area (Å²) < 4.78 is 34.3. The third kappa shape index (κ3) is 2.98. The fraction of sp³-hybridized carbons (Fsp3) is 0.250. The molecule has 0 unspecified atom stereocenters. The summed E-state index contributed by atoms with van der Waals surface area (Å²) in [7, 11) is -3.73. The van der Waals surface area contributed by atoms with E-state index in [0.29, 0.717) is 41.5 Å². The second kappa shape index (κ2) is 6.41. The number of hydrogen-bond acceptors (Lipinski definition) is 6. The first-order valence-corrected chi connectivity index (χ1v) is 10.8. The molecule has 148 valence electrons. The Labute approximate surface area is 167 Å². The number of sulfonamides is 1. The topological polar surface area (TPSA) is 105 Å². The molecule has 2 aromatic carbocycles. The van der Waals surface area contributed by atoms with Gasteiger partial charge in [-0.3, -0.25) is 4.79 Å². The number of aromatic nitrogens is 1. The molecule has 1 fully saturated rings. The van der Waals surface area contributed by atoms with Gasteiger partial charge in [0.05, 0.1) is 0 Å². The summed E-state index contributed by atoms with van der Waals surface area (Å²) in [5.74, 6) is 0.701. The van der Waals surface area contributed by atoms with Crippen LogP contribution in [0.5, 0.6) is 0 Å². The lowest BCUT2D eigenvalue weighted by atomic mass is 10.1. The highest BCUT2D eigenvalue weighted by molar-refractivity contribution is 7.90. The second-order valence-corrected chi connectivity index (χ2v) is 8.71. The van der Waals surface area contributed by atoms with E-state index in [2.05, 4.69) is 14.7 Å². The number of nitrogens with one attached hydrogen (secondary N) is 1. The first kappa shape index (κ1) is 17.9. The first-order chi connectivity index (χ1) is 13.9. The third-order valence-corrected chi connectivity index (χ3v) is 6.53. The number of aryl methyl sites for hydroxylation is 1. The van der Waals surface area contributed by atoms with Gasteiger partial charge in [0.1, 0.15) is 16.5 Å². The molecule has 0 radical (unpaired) electrons. The number of hydrogen-bond donors (Lipinski definition) is 1. The molecule has 8 nitrogen and oxygen atoms in total. The minimum absolute atomic E-state index is 0.187. The smallest absolute Gasteiger partial charge is 0.285 e. The zero-order valence-corrected chi connectivity index (χ0v) is 16.4. The summed E-state index contributed by atoms with van der Waals surface area (Å²) in [5, 5.41) is 2.91. The lowest BCUT2D eigenvalue weighted by Gasteiger charge is -2.25. The lowest BCUT2D eigenvalue weighted by molar-refractivity contribution is -0.119. The van der Waals surface area contributed by atoms with Gasteiger partial charge < -0.3 is 14.6 Å². The van der Waals surface area contributed by atoms with E-state index >= 15 is 0 Å². The Morgan fingerprint density at radius 1 is 1.24 bits per heavy atom. The van der Waals surface area contributed by atoms with Crippen LogP contribution in [0.25, 0.3) is 11.1 Å². The maximum atomic E-state index is 13.0. The van der Waals surface area contributed by atoms with Crippen molar-refractivity contribution in [2.75, 3.05) is 11.9 Å². The standard InChI is InChI=1S/C20H18N4O4S/c1-12-21-15-9-8-13(11-17(15)28-12)22-20(25)16-6-4-10-24(16)19-14-5-2-3-7-18(14)29(26,27)23-19/h2-3,5,7-9,11,16H,4,6,10H2,1H3,(H,22,25)/t16-/m0/s1. The highest BCUT2D eigenvalue weighted by Crippen LogP contribution is 2.31. The fourth-order valence-corrected chi connectivity index (χ4v) is 5.15. The van der Waals surface area contributed by atoms with E-state index in [1.807, 2.05) is 0 Å². The molecule has 9 heteroatoms. The number of amides is 1. The van der Waals surface area contributed by atoms with Crippen LogP contribution < -0.4 is 5.32 Å². The highest BCUT2D eigenvalue weighted by Gasteiger charge is 2.39. The normalized spacial score (nSPS) is 20.0. The maximum Gasteiger partial charge on any atom is 0.285 e. The Morgan fingerprint density at radius 2 is 2.07 bits per heavy atom. The summed E-state index contributed by atoms with van der Waals surface area (Å²) >= 11 is 0. The van der Waals surface area contributed by atoms with Gasteiger partial charge in [-0.2, -0.15) is 8.42 Å². The predicted octanol–water partition coefficient (Wildman–Crippen LogP) is 2.69. The van der Waals surface area contributed by atoms with Crippen LogP contribution in [0.15, 0.2) is 56.2 Å². The molecule has 1 aromatic heterocycles. The Bertz CT molecular complexity index is 1280. The van der Waals surface area contributed by atoms with Crippen molar-refractivity contribution in [3.8, 4) is 0 Å². The Kier molecular flexibility index (Phi) is 3.95. The molecule has 1 atom stereocenters. The van der Waals surface area contributed by atoms with Crippen LogP contribution in [0.1, 0.15) is 24.3 Å². The van der Waals surface area contributed by atoms with Crippen molar-refractivity contribution >= 4 is 38.6 Å². The van der Waals surface area contributed by atoms with Gasteiger partial charge in [0.15, 0.2) is 17.3 Å². The first-order valence-electron chi connectivity index (χ1n) is 9.31. The summed E-state index contributed by atoms with van der Waals surface area (Å²) in [4.78, 5) is 19.2. The Morgan fingerprint density at radius 3 is 2.93 bits per heavy atom. The summed E-state index contributed by atoms with van der Waals surface area (Å²) in [6, 6.07) is 11.5.